The zero-order valence-corrected chi connectivity index (χ0v) is 14.3. The van der Waals surface area contributed by atoms with Gasteiger partial charge >= 0.3 is 0 Å². The Morgan fingerprint density at radius 3 is 2.60 bits per heavy atom. The number of nitrogens with zero attached hydrogens (tertiary/aromatic N) is 4. The number of H-pyrrole nitrogens is 1. The van der Waals surface area contributed by atoms with Crippen LogP contribution in [0.4, 0.5) is 0 Å². The van der Waals surface area contributed by atoms with Crippen LogP contribution in [0.3, 0.4) is 0 Å². The van der Waals surface area contributed by atoms with Gasteiger partial charge in [-0.1, -0.05) is 12.1 Å². The van der Waals surface area contributed by atoms with Gasteiger partial charge in [0.1, 0.15) is 5.69 Å². The van der Waals surface area contributed by atoms with E-state index < -0.39 is 0 Å². The van der Waals surface area contributed by atoms with E-state index in [1.807, 2.05) is 49.1 Å². The Balaban J connectivity index is 1.60. The fourth-order valence-corrected chi connectivity index (χ4v) is 2.88. The minimum Gasteiger partial charge on any atom is -0.282 e. The van der Waals surface area contributed by atoms with E-state index in [0.29, 0.717) is 0 Å². The maximum atomic E-state index is 4.48. The van der Waals surface area contributed by atoms with E-state index in [4.69, 9.17) is 0 Å². The first-order valence-corrected chi connectivity index (χ1v) is 8.26. The van der Waals surface area contributed by atoms with Gasteiger partial charge in [-0.15, -0.1) is 0 Å². The van der Waals surface area contributed by atoms with Crippen molar-refractivity contribution in [3.63, 3.8) is 0 Å². The molecule has 0 spiro atoms. The summed E-state index contributed by atoms with van der Waals surface area (Å²) in [6.07, 6.45) is 4.67. The van der Waals surface area contributed by atoms with Crippen molar-refractivity contribution in [3.8, 4) is 17.1 Å². The summed E-state index contributed by atoms with van der Waals surface area (Å²) in [6, 6.07) is 16.6. The van der Waals surface area contributed by atoms with Crippen molar-refractivity contribution in [2.24, 2.45) is 0 Å². The van der Waals surface area contributed by atoms with Crippen LogP contribution >= 0.6 is 0 Å². The summed E-state index contributed by atoms with van der Waals surface area (Å²) >= 11 is 0. The normalized spacial score (nSPS) is 11.0. The van der Waals surface area contributed by atoms with E-state index in [0.717, 1.165) is 34.9 Å². The van der Waals surface area contributed by atoms with Crippen molar-refractivity contribution in [1.29, 1.82) is 0 Å². The molecule has 0 aliphatic heterocycles. The molecular weight excluding hydrogens is 310 g/mol. The van der Waals surface area contributed by atoms with Crippen LogP contribution in [0.15, 0.2) is 60.9 Å². The molecule has 0 aliphatic rings. The zero-order valence-electron chi connectivity index (χ0n) is 14.3. The van der Waals surface area contributed by atoms with E-state index in [1.165, 1.54) is 11.1 Å². The molecule has 0 saturated heterocycles. The van der Waals surface area contributed by atoms with E-state index >= 15 is 0 Å². The molecule has 5 nitrogen and oxygen atoms in total. The second kappa shape index (κ2) is 6.36. The molecule has 0 fully saturated rings. The highest BCUT2D eigenvalue weighted by Crippen LogP contribution is 2.19. The predicted octanol–water partition coefficient (Wildman–Crippen LogP) is 3.87. The van der Waals surface area contributed by atoms with E-state index in [-0.39, 0.29) is 0 Å². The van der Waals surface area contributed by atoms with E-state index in [1.54, 1.807) is 0 Å². The molecule has 3 aromatic heterocycles. The highest BCUT2D eigenvalue weighted by molar-refractivity contribution is 5.55. The molecule has 0 bridgehead atoms. The van der Waals surface area contributed by atoms with Crippen molar-refractivity contribution in [1.82, 2.24) is 25.0 Å². The minimum atomic E-state index is 0.840. The van der Waals surface area contributed by atoms with Crippen LogP contribution in [0.25, 0.3) is 17.1 Å². The Hall–Kier alpha value is -3.21. The Kier molecular flexibility index (Phi) is 3.90. The summed E-state index contributed by atoms with van der Waals surface area (Å²) in [5.41, 5.74) is 7.33. The highest BCUT2D eigenvalue weighted by Gasteiger charge is 2.06. The zero-order chi connectivity index (χ0) is 17.2. The molecular formula is C20H19N5. The standard InChI is InChI=1S/C20H19N5/c1-14-7-9-25(24-14)18-5-3-4-16(12-18)11-17-6-8-21-19(13-17)20-10-15(2)22-23-20/h3-10,12-13H,11H2,1-2H3,(H,22,23). The second-order valence-corrected chi connectivity index (χ2v) is 6.23. The number of hydrogen-bond acceptors (Lipinski definition) is 3. The van der Waals surface area contributed by atoms with Gasteiger partial charge in [0.05, 0.1) is 17.1 Å². The number of pyridine rings is 1. The Morgan fingerprint density at radius 2 is 1.84 bits per heavy atom. The van der Waals surface area contributed by atoms with Gasteiger partial charge in [-0.3, -0.25) is 10.1 Å². The van der Waals surface area contributed by atoms with Gasteiger partial charge in [0.2, 0.25) is 0 Å². The molecule has 0 saturated carbocycles. The lowest BCUT2D eigenvalue weighted by molar-refractivity contribution is 0.860. The number of rotatable bonds is 4. The van der Waals surface area contributed by atoms with Gasteiger partial charge < -0.3 is 0 Å². The number of hydrogen-bond donors (Lipinski definition) is 1. The maximum absolute atomic E-state index is 4.48. The van der Waals surface area contributed by atoms with Crippen molar-refractivity contribution in [2.75, 3.05) is 0 Å². The number of aryl methyl sites for hydroxylation is 2. The molecule has 0 aliphatic carbocycles. The van der Waals surface area contributed by atoms with Crippen LogP contribution in [0.1, 0.15) is 22.5 Å². The van der Waals surface area contributed by atoms with E-state index in [2.05, 4.69) is 50.6 Å². The average Bonchev–Trinajstić information content (AvgIpc) is 3.24. The largest absolute Gasteiger partial charge is 0.282 e. The first-order valence-electron chi connectivity index (χ1n) is 8.26. The molecule has 0 atom stereocenters. The summed E-state index contributed by atoms with van der Waals surface area (Å²) in [6.45, 7) is 3.98. The quantitative estimate of drug-likeness (QED) is 0.618. The van der Waals surface area contributed by atoms with Gasteiger partial charge in [0.15, 0.2) is 0 Å². The maximum Gasteiger partial charge on any atom is 0.111 e. The molecule has 4 rings (SSSR count). The topological polar surface area (TPSA) is 59.4 Å². The molecule has 1 aromatic carbocycles. The molecule has 5 heteroatoms. The minimum absolute atomic E-state index is 0.840. The Bertz CT molecular complexity index is 930. The summed E-state index contributed by atoms with van der Waals surface area (Å²) in [5.74, 6) is 0. The van der Waals surface area contributed by atoms with E-state index in [9.17, 15) is 0 Å². The number of benzene rings is 1. The van der Waals surface area contributed by atoms with Crippen molar-refractivity contribution >= 4 is 0 Å². The lowest BCUT2D eigenvalue weighted by atomic mass is 10.0. The third-order valence-electron chi connectivity index (χ3n) is 4.10. The van der Waals surface area contributed by atoms with Gasteiger partial charge in [-0.25, -0.2) is 4.68 Å². The molecule has 1 N–H and O–H groups in total. The number of aromatic nitrogens is 5. The first-order chi connectivity index (χ1) is 12.2. The van der Waals surface area contributed by atoms with Crippen LogP contribution in [-0.2, 0) is 6.42 Å². The highest BCUT2D eigenvalue weighted by atomic mass is 15.3. The van der Waals surface area contributed by atoms with Crippen molar-refractivity contribution in [3.05, 3.63) is 83.4 Å². The lowest BCUT2D eigenvalue weighted by Crippen LogP contribution is -1.97. The van der Waals surface area contributed by atoms with Gasteiger partial charge in [0, 0.05) is 18.1 Å². The molecule has 0 amide bonds. The summed E-state index contributed by atoms with van der Waals surface area (Å²) in [5, 5.41) is 11.7. The fourth-order valence-electron chi connectivity index (χ4n) is 2.88. The third kappa shape index (κ3) is 3.35. The molecule has 0 radical (unpaired) electrons. The second-order valence-electron chi connectivity index (χ2n) is 6.23. The fraction of sp³-hybridized carbons (Fsp3) is 0.150. The summed E-state index contributed by atoms with van der Waals surface area (Å²) in [4.78, 5) is 4.44. The molecule has 4 aromatic rings. The van der Waals surface area contributed by atoms with Crippen LogP contribution in [-0.4, -0.2) is 25.0 Å². The Labute approximate surface area is 146 Å². The SMILES string of the molecule is Cc1ccn(-c2cccc(Cc3ccnc(-c4cc(C)[nH]n4)c3)c2)n1. The Morgan fingerprint density at radius 1 is 0.960 bits per heavy atom. The molecule has 124 valence electrons. The predicted molar refractivity (Wildman–Crippen MR) is 97.7 cm³/mol. The molecule has 0 unspecified atom stereocenters. The first kappa shape index (κ1) is 15.3. The lowest BCUT2D eigenvalue weighted by Gasteiger charge is -2.07. The third-order valence-corrected chi connectivity index (χ3v) is 4.10. The summed E-state index contributed by atoms with van der Waals surface area (Å²) < 4.78 is 1.91. The number of aromatic amines is 1. The van der Waals surface area contributed by atoms with Crippen LogP contribution in [0, 0.1) is 13.8 Å². The van der Waals surface area contributed by atoms with Crippen LogP contribution < -0.4 is 0 Å². The smallest absolute Gasteiger partial charge is 0.111 e. The van der Waals surface area contributed by atoms with Crippen molar-refractivity contribution in [2.45, 2.75) is 20.3 Å². The van der Waals surface area contributed by atoms with Crippen molar-refractivity contribution < 1.29 is 0 Å². The van der Waals surface area contributed by atoms with Crippen LogP contribution in [0.2, 0.25) is 0 Å². The average molecular weight is 329 g/mol. The van der Waals surface area contributed by atoms with Gasteiger partial charge in [0.25, 0.3) is 0 Å². The van der Waals surface area contributed by atoms with Gasteiger partial charge in [-0.05, 0) is 67.8 Å². The van der Waals surface area contributed by atoms with Crippen LogP contribution in [0.5, 0.6) is 0 Å². The molecule has 3 heterocycles. The molecule has 25 heavy (non-hydrogen) atoms. The summed E-state index contributed by atoms with van der Waals surface area (Å²) in [7, 11) is 0. The monoisotopic (exact) mass is 329 g/mol. The number of nitrogens with one attached hydrogen (secondary N) is 1. The van der Waals surface area contributed by atoms with Gasteiger partial charge in [-0.2, -0.15) is 10.2 Å².